The first-order valence-electron chi connectivity index (χ1n) is 9.16. The van der Waals surface area contributed by atoms with Crippen LogP contribution in [0.2, 0.25) is 0 Å². The molecule has 0 aromatic heterocycles. The molecule has 1 fully saturated rings. The molecule has 0 saturated heterocycles. The molecule has 7 heteroatoms. The molecule has 2 aromatic carbocycles. The van der Waals surface area contributed by atoms with Crippen molar-refractivity contribution in [3.05, 3.63) is 54.1 Å². The number of alkyl halides is 3. The molecule has 0 N–H and O–H groups in total. The van der Waals surface area contributed by atoms with E-state index in [1.54, 1.807) is 30.3 Å². The van der Waals surface area contributed by atoms with Crippen LogP contribution in [0, 0.1) is 0 Å². The predicted molar refractivity (Wildman–Crippen MR) is 96.6 cm³/mol. The molecule has 3 rings (SSSR count). The summed E-state index contributed by atoms with van der Waals surface area (Å²) in [5, 5.41) is 0. The van der Waals surface area contributed by atoms with Crippen LogP contribution in [0.5, 0.6) is 17.2 Å². The first kappa shape index (κ1) is 20.0. The lowest BCUT2D eigenvalue weighted by Gasteiger charge is -2.30. The van der Waals surface area contributed by atoms with Crippen molar-refractivity contribution in [2.75, 3.05) is 0 Å². The third-order valence-corrected chi connectivity index (χ3v) is 4.84. The summed E-state index contributed by atoms with van der Waals surface area (Å²) in [6.45, 7) is 1.93. The molecule has 28 heavy (non-hydrogen) atoms. The molecule has 2 aromatic rings. The van der Waals surface area contributed by atoms with Gasteiger partial charge >= 0.3 is 12.3 Å². The van der Waals surface area contributed by atoms with E-state index >= 15 is 0 Å². The van der Waals surface area contributed by atoms with Gasteiger partial charge in [-0.2, -0.15) is 0 Å². The topological polar surface area (TPSA) is 44.8 Å². The smallest absolute Gasteiger partial charge is 0.483 e. The van der Waals surface area contributed by atoms with Gasteiger partial charge in [-0.1, -0.05) is 25.1 Å². The van der Waals surface area contributed by atoms with Crippen LogP contribution < -0.4 is 14.2 Å². The lowest BCUT2D eigenvalue weighted by molar-refractivity contribution is -0.275. The van der Waals surface area contributed by atoms with Crippen LogP contribution in [0.15, 0.2) is 48.5 Å². The van der Waals surface area contributed by atoms with Crippen molar-refractivity contribution in [1.82, 2.24) is 0 Å². The molecule has 0 atom stereocenters. The van der Waals surface area contributed by atoms with Crippen molar-refractivity contribution in [2.24, 2.45) is 0 Å². The molecular weight excluding hydrogens is 373 g/mol. The summed E-state index contributed by atoms with van der Waals surface area (Å²) in [7, 11) is 0. The number of halogens is 3. The van der Waals surface area contributed by atoms with Crippen molar-refractivity contribution in [2.45, 2.75) is 51.0 Å². The summed E-state index contributed by atoms with van der Waals surface area (Å²) in [5.74, 6) is -0.926. The van der Waals surface area contributed by atoms with Gasteiger partial charge < -0.3 is 14.2 Å². The minimum atomic E-state index is -4.86. The van der Waals surface area contributed by atoms with Crippen molar-refractivity contribution >= 4 is 5.97 Å². The number of hydrogen-bond donors (Lipinski definition) is 0. The number of ether oxygens (including phenoxy) is 3. The fourth-order valence-corrected chi connectivity index (χ4v) is 3.36. The molecule has 0 radical (unpaired) electrons. The molecule has 150 valence electrons. The summed E-state index contributed by atoms with van der Waals surface area (Å²) in [6.07, 6.45) is -0.838. The van der Waals surface area contributed by atoms with Crippen LogP contribution in [-0.4, -0.2) is 17.9 Å². The van der Waals surface area contributed by atoms with Crippen LogP contribution in [0.1, 0.15) is 49.4 Å². The summed E-state index contributed by atoms with van der Waals surface area (Å²) >= 11 is 0. The van der Waals surface area contributed by atoms with Crippen LogP contribution in [0.4, 0.5) is 13.2 Å². The second-order valence-corrected chi connectivity index (χ2v) is 6.76. The number of benzene rings is 2. The fraction of sp³-hybridized carbons (Fsp3) is 0.381. The molecule has 0 unspecified atom stereocenters. The van der Waals surface area contributed by atoms with Crippen LogP contribution >= 0.6 is 0 Å². The Hall–Kier alpha value is -2.70. The molecule has 4 nitrogen and oxygen atoms in total. The summed E-state index contributed by atoms with van der Waals surface area (Å²) in [5.41, 5.74) is -0.469. The molecule has 0 spiro atoms. The van der Waals surface area contributed by atoms with E-state index in [1.165, 1.54) is 12.1 Å². The largest absolute Gasteiger partial charge is 0.573 e. The van der Waals surface area contributed by atoms with Gasteiger partial charge in [-0.05, 0) is 62.4 Å². The van der Waals surface area contributed by atoms with Gasteiger partial charge in [0.05, 0.1) is 5.56 Å². The maximum absolute atomic E-state index is 12.8. The highest BCUT2D eigenvalue weighted by atomic mass is 19.4. The Morgan fingerprint density at radius 2 is 1.71 bits per heavy atom. The van der Waals surface area contributed by atoms with E-state index in [9.17, 15) is 18.0 Å². The molecule has 0 aliphatic heterocycles. The van der Waals surface area contributed by atoms with Crippen molar-refractivity contribution in [3.63, 3.8) is 0 Å². The second-order valence-electron chi connectivity index (χ2n) is 6.76. The number of para-hydroxylation sites is 1. The highest BCUT2D eigenvalue weighted by molar-refractivity contribution is 5.91. The zero-order chi connectivity index (χ0) is 20.2. The molecule has 1 saturated carbocycles. The fourth-order valence-electron chi connectivity index (χ4n) is 3.36. The predicted octanol–water partition coefficient (Wildman–Crippen LogP) is 5.91. The highest BCUT2D eigenvalue weighted by Gasteiger charge is 2.37. The number of carbonyl (C=O) groups excluding carboxylic acids is 1. The first-order valence-corrected chi connectivity index (χ1v) is 9.16. The molecule has 1 aliphatic rings. The average Bonchev–Trinajstić information content (AvgIpc) is 3.12. The Bertz CT molecular complexity index is 812. The SMILES string of the molecule is CCC1(Oc2cc(C(=O)Oc3ccccc3)ccc2OC(F)(F)F)CCCC1. The Morgan fingerprint density at radius 3 is 2.32 bits per heavy atom. The molecule has 0 heterocycles. The van der Waals surface area contributed by atoms with Gasteiger partial charge in [-0.3, -0.25) is 0 Å². The maximum atomic E-state index is 12.8. The Balaban J connectivity index is 1.89. The maximum Gasteiger partial charge on any atom is 0.573 e. The van der Waals surface area contributed by atoms with E-state index in [1.807, 2.05) is 6.92 Å². The van der Waals surface area contributed by atoms with E-state index in [4.69, 9.17) is 9.47 Å². The Labute approximate surface area is 161 Å². The molecular formula is C21H21F3O4. The van der Waals surface area contributed by atoms with Gasteiger partial charge in [0.15, 0.2) is 11.5 Å². The Kier molecular flexibility index (Phi) is 5.82. The summed E-state index contributed by atoms with van der Waals surface area (Å²) < 4.78 is 53.7. The van der Waals surface area contributed by atoms with E-state index < -0.39 is 23.7 Å². The second kappa shape index (κ2) is 8.12. The molecule has 1 aliphatic carbocycles. The van der Waals surface area contributed by atoms with E-state index in [2.05, 4.69) is 4.74 Å². The van der Waals surface area contributed by atoms with Crippen LogP contribution in [0.3, 0.4) is 0 Å². The quantitative estimate of drug-likeness (QED) is 0.452. The zero-order valence-corrected chi connectivity index (χ0v) is 15.4. The van der Waals surface area contributed by atoms with Gasteiger partial charge in [0.2, 0.25) is 0 Å². The van der Waals surface area contributed by atoms with E-state index in [-0.39, 0.29) is 11.3 Å². The zero-order valence-electron chi connectivity index (χ0n) is 15.4. The number of hydrogen-bond acceptors (Lipinski definition) is 4. The van der Waals surface area contributed by atoms with Gasteiger partial charge in [0.1, 0.15) is 11.4 Å². The lowest BCUT2D eigenvalue weighted by Crippen LogP contribution is -2.32. The van der Waals surface area contributed by atoms with Gasteiger partial charge in [0.25, 0.3) is 0 Å². The number of esters is 1. The van der Waals surface area contributed by atoms with Gasteiger partial charge in [-0.15, -0.1) is 13.2 Å². The third-order valence-electron chi connectivity index (χ3n) is 4.84. The number of rotatable bonds is 6. The average molecular weight is 394 g/mol. The van der Waals surface area contributed by atoms with Crippen LogP contribution in [0.25, 0.3) is 0 Å². The van der Waals surface area contributed by atoms with Gasteiger partial charge in [0, 0.05) is 0 Å². The number of carbonyl (C=O) groups is 1. The van der Waals surface area contributed by atoms with Crippen LogP contribution in [-0.2, 0) is 0 Å². The van der Waals surface area contributed by atoms with Gasteiger partial charge in [-0.25, -0.2) is 4.79 Å². The van der Waals surface area contributed by atoms with Crippen molar-refractivity contribution in [1.29, 1.82) is 0 Å². The summed E-state index contributed by atoms with van der Waals surface area (Å²) in [6, 6.07) is 12.0. The minimum absolute atomic E-state index is 0.0811. The standard InChI is InChI=1S/C21H21F3O4/c1-2-20(12-6-7-13-20)27-18-14-15(10-11-17(18)28-21(22,23)24)19(25)26-16-8-4-3-5-9-16/h3-5,8-11,14H,2,6-7,12-13H2,1H3. The van der Waals surface area contributed by atoms with Crippen molar-refractivity contribution in [3.8, 4) is 17.2 Å². The molecule has 0 bridgehead atoms. The first-order chi connectivity index (χ1) is 13.3. The molecule has 0 amide bonds. The van der Waals surface area contributed by atoms with E-state index in [0.717, 1.165) is 31.7 Å². The lowest BCUT2D eigenvalue weighted by atomic mass is 9.98. The monoisotopic (exact) mass is 394 g/mol. The minimum Gasteiger partial charge on any atom is -0.483 e. The normalized spacial score (nSPS) is 15.9. The van der Waals surface area contributed by atoms with Crippen molar-refractivity contribution < 1.29 is 32.2 Å². The third kappa shape index (κ3) is 4.97. The summed E-state index contributed by atoms with van der Waals surface area (Å²) in [4.78, 5) is 12.4. The highest BCUT2D eigenvalue weighted by Crippen LogP contribution is 2.41. The van der Waals surface area contributed by atoms with E-state index in [0.29, 0.717) is 12.2 Å². The Morgan fingerprint density at radius 1 is 1.04 bits per heavy atom.